The third kappa shape index (κ3) is 0.943. The Labute approximate surface area is 95.4 Å². The molecule has 0 aromatic rings. The molecule has 4 aliphatic carbocycles. The Balaban J connectivity index is 2.04. The lowest BCUT2D eigenvalue weighted by Gasteiger charge is -2.34. The lowest BCUT2D eigenvalue weighted by atomic mass is 9.69. The van der Waals surface area contributed by atoms with E-state index in [1.54, 1.807) is 0 Å². The second kappa shape index (κ2) is 2.85. The van der Waals surface area contributed by atoms with Crippen LogP contribution in [0.5, 0.6) is 0 Å². The Morgan fingerprint density at radius 1 is 0.875 bits per heavy atom. The molecule has 16 heavy (non-hydrogen) atoms. The molecule has 76 valence electrons. The van der Waals surface area contributed by atoms with Gasteiger partial charge in [0.1, 0.15) is 0 Å². The zero-order valence-electron chi connectivity index (χ0n) is 8.98. The van der Waals surface area contributed by atoms with E-state index < -0.39 is 0 Å². The quantitative estimate of drug-likeness (QED) is 0.563. The van der Waals surface area contributed by atoms with E-state index >= 15 is 0 Å². The molecule has 0 N–H and O–H groups in total. The summed E-state index contributed by atoms with van der Waals surface area (Å²) in [6, 6.07) is 0. The molecule has 0 saturated carbocycles. The predicted octanol–water partition coefficient (Wildman–Crippen LogP) is 3.79. The van der Waals surface area contributed by atoms with E-state index in [1.165, 1.54) is 27.9 Å². The summed E-state index contributed by atoms with van der Waals surface area (Å²) in [6.07, 6.45) is 21.3. The zero-order valence-corrected chi connectivity index (χ0v) is 8.98. The molecule has 4 rings (SSSR count). The minimum atomic E-state index is 0.509. The van der Waals surface area contributed by atoms with E-state index in [0.29, 0.717) is 5.92 Å². The summed E-state index contributed by atoms with van der Waals surface area (Å²) in [4.78, 5) is 0. The molecule has 0 heterocycles. The van der Waals surface area contributed by atoms with Crippen LogP contribution in [0.15, 0.2) is 82.5 Å². The van der Waals surface area contributed by atoms with E-state index in [1.807, 2.05) is 0 Å². The van der Waals surface area contributed by atoms with Crippen LogP contribution in [0.2, 0.25) is 0 Å². The minimum Gasteiger partial charge on any atom is -0.0795 e. The number of rotatable bonds is 0. The van der Waals surface area contributed by atoms with Gasteiger partial charge in [0.15, 0.2) is 0 Å². The van der Waals surface area contributed by atoms with Crippen LogP contribution in [-0.4, -0.2) is 0 Å². The molecule has 0 saturated heterocycles. The summed E-state index contributed by atoms with van der Waals surface area (Å²) in [5, 5.41) is 0. The molecule has 0 spiro atoms. The molecule has 1 unspecified atom stereocenters. The first kappa shape index (κ1) is 8.35. The van der Waals surface area contributed by atoms with Crippen LogP contribution in [0.3, 0.4) is 0 Å². The largest absolute Gasteiger partial charge is 0.0795 e. The summed E-state index contributed by atoms with van der Waals surface area (Å²) in [7, 11) is 0. The van der Waals surface area contributed by atoms with E-state index in [2.05, 4.69) is 54.7 Å². The van der Waals surface area contributed by atoms with Gasteiger partial charge in [0, 0.05) is 5.92 Å². The Morgan fingerprint density at radius 2 is 1.81 bits per heavy atom. The van der Waals surface area contributed by atoms with Gasteiger partial charge < -0.3 is 0 Å². The molecular weight excluding hydrogens is 192 g/mol. The van der Waals surface area contributed by atoms with Gasteiger partial charge >= 0.3 is 0 Å². The fourth-order valence-corrected chi connectivity index (χ4v) is 3.03. The van der Waals surface area contributed by atoms with Crippen molar-refractivity contribution in [2.75, 3.05) is 0 Å². The first-order valence-electron chi connectivity index (χ1n) is 5.82. The lowest BCUT2D eigenvalue weighted by Crippen LogP contribution is -2.20. The van der Waals surface area contributed by atoms with Crippen LogP contribution in [0.1, 0.15) is 6.42 Å². The average Bonchev–Trinajstić information content (AvgIpc) is 2.36. The lowest BCUT2D eigenvalue weighted by molar-refractivity contribution is 0.832. The highest BCUT2D eigenvalue weighted by Gasteiger charge is 2.31. The summed E-state index contributed by atoms with van der Waals surface area (Å²) in [6.45, 7) is 0. The highest BCUT2D eigenvalue weighted by molar-refractivity contribution is 5.66. The van der Waals surface area contributed by atoms with Crippen LogP contribution < -0.4 is 0 Å². The van der Waals surface area contributed by atoms with Crippen molar-refractivity contribution in [3.63, 3.8) is 0 Å². The maximum absolute atomic E-state index is 2.29. The third-order valence-corrected chi connectivity index (χ3v) is 3.76. The average molecular weight is 204 g/mol. The molecule has 0 aromatic heterocycles. The van der Waals surface area contributed by atoms with Crippen molar-refractivity contribution in [3.05, 3.63) is 82.5 Å². The molecule has 0 radical (unpaired) electrons. The van der Waals surface area contributed by atoms with E-state index in [0.717, 1.165) is 6.42 Å². The second-order valence-corrected chi connectivity index (χ2v) is 4.63. The standard InChI is InChI=1S/C16H12/c1-3-11-7-9-13-5-2-6-14-10-8-12(4-1)15(11)16(13)14/h1-5,7-10,15H,6H2. The van der Waals surface area contributed by atoms with E-state index in [4.69, 9.17) is 0 Å². The minimum absolute atomic E-state index is 0.509. The van der Waals surface area contributed by atoms with Crippen LogP contribution in [-0.2, 0) is 0 Å². The predicted molar refractivity (Wildman–Crippen MR) is 66.8 cm³/mol. The fraction of sp³-hybridized carbons (Fsp3) is 0.125. The van der Waals surface area contributed by atoms with Gasteiger partial charge in [-0.05, 0) is 34.3 Å². The number of allylic oxidation sites excluding steroid dienone is 14. The van der Waals surface area contributed by atoms with Gasteiger partial charge in [0.25, 0.3) is 0 Å². The molecule has 0 fully saturated rings. The summed E-state index contributed by atoms with van der Waals surface area (Å²) < 4.78 is 0. The second-order valence-electron chi connectivity index (χ2n) is 4.63. The Hall–Kier alpha value is -1.82. The molecule has 0 nitrogen and oxygen atoms in total. The van der Waals surface area contributed by atoms with Gasteiger partial charge in [0.05, 0.1) is 0 Å². The molecular formula is C16H12. The van der Waals surface area contributed by atoms with Crippen LogP contribution >= 0.6 is 0 Å². The van der Waals surface area contributed by atoms with Gasteiger partial charge in [-0.3, -0.25) is 0 Å². The molecule has 0 amide bonds. The van der Waals surface area contributed by atoms with Crippen LogP contribution in [0.25, 0.3) is 0 Å². The van der Waals surface area contributed by atoms with Crippen molar-refractivity contribution in [2.45, 2.75) is 6.42 Å². The normalized spacial score (nSPS) is 28.5. The molecule has 0 bridgehead atoms. The summed E-state index contributed by atoms with van der Waals surface area (Å²) in [5.74, 6) is 0.509. The van der Waals surface area contributed by atoms with Crippen molar-refractivity contribution in [1.29, 1.82) is 0 Å². The maximum Gasteiger partial charge on any atom is 0.0348 e. The molecule has 0 aliphatic heterocycles. The molecule has 0 aromatic carbocycles. The number of hydrogen-bond acceptors (Lipinski definition) is 0. The van der Waals surface area contributed by atoms with Gasteiger partial charge in [0.2, 0.25) is 0 Å². The highest BCUT2D eigenvalue weighted by Crippen LogP contribution is 2.46. The Morgan fingerprint density at radius 3 is 2.81 bits per heavy atom. The van der Waals surface area contributed by atoms with Gasteiger partial charge in [-0.15, -0.1) is 0 Å². The van der Waals surface area contributed by atoms with Crippen molar-refractivity contribution in [1.82, 2.24) is 0 Å². The topological polar surface area (TPSA) is 0 Å². The van der Waals surface area contributed by atoms with Crippen molar-refractivity contribution < 1.29 is 0 Å². The zero-order chi connectivity index (χ0) is 10.5. The Kier molecular flexibility index (Phi) is 1.49. The first-order chi connectivity index (χ1) is 7.93. The molecule has 1 atom stereocenters. The van der Waals surface area contributed by atoms with E-state index in [-0.39, 0.29) is 0 Å². The SMILES string of the molecule is C1=CC2=CC=C3CC=CC4=C3C2C(=C1)C=C4. The summed E-state index contributed by atoms with van der Waals surface area (Å²) in [5.41, 5.74) is 7.32. The van der Waals surface area contributed by atoms with Gasteiger partial charge in [-0.25, -0.2) is 0 Å². The third-order valence-electron chi connectivity index (χ3n) is 3.76. The van der Waals surface area contributed by atoms with Crippen LogP contribution in [0, 0.1) is 5.92 Å². The summed E-state index contributed by atoms with van der Waals surface area (Å²) >= 11 is 0. The van der Waals surface area contributed by atoms with Crippen molar-refractivity contribution in [2.24, 2.45) is 5.92 Å². The van der Waals surface area contributed by atoms with Crippen LogP contribution in [0.4, 0.5) is 0 Å². The molecule has 4 aliphatic rings. The van der Waals surface area contributed by atoms with Crippen molar-refractivity contribution >= 4 is 0 Å². The highest BCUT2D eigenvalue weighted by atomic mass is 14.3. The van der Waals surface area contributed by atoms with E-state index in [9.17, 15) is 0 Å². The fourth-order valence-electron chi connectivity index (χ4n) is 3.03. The van der Waals surface area contributed by atoms with Gasteiger partial charge in [-0.1, -0.05) is 54.7 Å². The smallest absolute Gasteiger partial charge is 0.0348 e. The number of hydrogen-bond donors (Lipinski definition) is 0. The van der Waals surface area contributed by atoms with Gasteiger partial charge in [-0.2, -0.15) is 0 Å². The maximum atomic E-state index is 2.29. The molecule has 0 heteroatoms. The monoisotopic (exact) mass is 204 g/mol. The van der Waals surface area contributed by atoms with Crippen molar-refractivity contribution in [3.8, 4) is 0 Å². The Bertz CT molecular complexity index is 584. The first-order valence-corrected chi connectivity index (χ1v) is 5.82.